The topological polar surface area (TPSA) is 58.6 Å². The van der Waals surface area contributed by atoms with Crippen LogP contribution in [0.4, 0.5) is 0 Å². The molecule has 1 fully saturated rings. The Bertz CT molecular complexity index is 444. The summed E-state index contributed by atoms with van der Waals surface area (Å²) < 4.78 is 6.32. The molecule has 2 rings (SSSR count). The zero-order valence-corrected chi connectivity index (χ0v) is 11.7. The largest absolute Gasteiger partial charge is 0.483 e. The molecule has 18 heavy (non-hydrogen) atoms. The molecule has 1 aromatic carbocycles. The summed E-state index contributed by atoms with van der Waals surface area (Å²) in [7, 11) is 0. The van der Waals surface area contributed by atoms with E-state index in [0.29, 0.717) is 17.4 Å². The Morgan fingerprint density at radius 2 is 2.33 bits per heavy atom. The van der Waals surface area contributed by atoms with Gasteiger partial charge in [0, 0.05) is 16.1 Å². The molecule has 5 heteroatoms. The van der Waals surface area contributed by atoms with Crippen LogP contribution in [0.1, 0.15) is 31.4 Å². The Labute approximate surface area is 114 Å². The van der Waals surface area contributed by atoms with Crippen molar-refractivity contribution in [2.45, 2.75) is 31.9 Å². The Balaban J connectivity index is 1.98. The number of amides is 1. The third-order valence-electron chi connectivity index (χ3n) is 2.73. The molecule has 0 radical (unpaired) electrons. The number of aliphatic hydroxyl groups excluding tert-OH is 1. The van der Waals surface area contributed by atoms with Crippen molar-refractivity contribution in [3.63, 3.8) is 0 Å². The fraction of sp³-hybridized carbons (Fsp3) is 0.462. The fourth-order valence-electron chi connectivity index (χ4n) is 1.62. The number of rotatable bonds is 5. The number of benzene rings is 1. The lowest BCUT2D eigenvalue weighted by atomic mass is 10.1. The first-order chi connectivity index (χ1) is 8.56. The highest BCUT2D eigenvalue weighted by Crippen LogP contribution is 2.28. The molecule has 0 saturated heterocycles. The number of nitrogens with one attached hydrogen (secondary N) is 1. The van der Waals surface area contributed by atoms with Crippen LogP contribution in [0.15, 0.2) is 22.7 Å². The number of hydrogen-bond donors (Lipinski definition) is 2. The maximum atomic E-state index is 11.5. The molecule has 1 amide bonds. The van der Waals surface area contributed by atoms with Crippen LogP contribution in [0.5, 0.6) is 5.75 Å². The van der Waals surface area contributed by atoms with Gasteiger partial charge in [-0.05, 0) is 31.9 Å². The standard InChI is InChI=1S/C13H16BrNO3/c1-8(16)11-5-2-9(14)6-12(11)18-7-13(17)15-10-3-4-10/h2,5-6,8,10,16H,3-4,7H2,1H3,(H,15,17). The lowest BCUT2D eigenvalue weighted by molar-refractivity contribution is -0.123. The molecule has 0 aromatic heterocycles. The number of carbonyl (C=O) groups is 1. The van der Waals surface area contributed by atoms with Gasteiger partial charge in [0.15, 0.2) is 6.61 Å². The Morgan fingerprint density at radius 3 is 2.94 bits per heavy atom. The summed E-state index contributed by atoms with van der Waals surface area (Å²) in [6.07, 6.45) is 1.49. The molecule has 4 nitrogen and oxygen atoms in total. The quantitative estimate of drug-likeness (QED) is 0.875. The van der Waals surface area contributed by atoms with E-state index >= 15 is 0 Å². The maximum Gasteiger partial charge on any atom is 0.258 e. The average molecular weight is 314 g/mol. The summed E-state index contributed by atoms with van der Waals surface area (Å²) >= 11 is 3.34. The molecule has 1 atom stereocenters. The van der Waals surface area contributed by atoms with Gasteiger partial charge in [-0.1, -0.05) is 22.0 Å². The first-order valence-electron chi connectivity index (χ1n) is 5.96. The van der Waals surface area contributed by atoms with Crippen LogP contribution in [0.3, 0.4) is 0 Å². The smallest absolute Gasteiger partial charge is 0.258 e. The van der Waals surface area contributed by atoms with E-state index in [4.69, 9.17) is 4.74 Å². The van der Waals surface area contributed by atoms with Gasteiger partial charge in [0.05, 0.1) is 6.10 Å². The second-order valence-corrected chi connectivity index (χ2v) is 5.40. The van der Waals surface area contributed by atoms with Gasteiger partial charge in [-0.2, -0.15) is 0 Å². The zero-order chi connectivity index (χ0) is 13.1. The third kappa shape index (κ3) is 3.71. The van der Waals surface area contributed by atoms with Crippen molar-refractivity contribution < 1.29 is 14.6 Å². The second-order valence-electron chi connectivity index (χ2n) is 4.49. The van der Waals surface area contributed by atoms with Crippen LogP contribution in [0.25, 0.3) is 0 Å². The first-order valence-corrected chi connectivity index (χ1v) is 6.75. The molecule has 0 heterocycles. The Morgan fingerprint density at radius 1 is 1.61 bits per heavy atom. The van der Waals surface area contributed by atoms with Crippen LogP contribution in [0, 0.1) is 0 Å². The third-order valence-corrected chi connectivity index (χ3v) is 3.22. The van der Waals surface area contributed by atoms with Crippen molar-refractivity contribution >= 4 is 21.8 Å². The molecule has 1 unspecified atom stereocenters. The highest BCUT2D eigenvalue weighted by atomic mass is 79.9. The number of halogens is 1. The van der Waals surface area contributed by atoms with E-state index in [1.807, 2.05) is 6.07 Å². The summed E-state index contributed by atoms with van der Waals surface area (Å²) in [5, 5.41) is 12.5. The SMILES string of the molecule is CC(O)c1ccc(Br)cc1OCC(=O)NC1CC1. The van der Waals surface area contributed by atoms with Crippen molar-refractivity contribution in [2.75, 3.05) is 6.61 Å². The van der Waals surface area contributed by atoms with Gasteiger partial charge < -0.3 is 15.2 Å². The molecule has 98 valence electrons. The summed E-state index contributed by atoms with van der Waals surface area (Å²) in [5.74, 6) is 0.416. The highest BCUT2D eigenvalue weighted by molar-refractivity contribution is 9.10. The average Bonchev–Trinajstić information content (AvgIpc) is 3.10. The van der Waals surface area contributed by atoms with E-state index in [1.54, 1.807) is 19.1 Å². The number of carbonyl (C=O) groups excluding carboxylic acids is 1. The van der Waals surface area contributed by atoms with E-state index in [-0.39, 0.29) is 12.5 Å². The van der Waals surface area contributed by atoms with Crippen molar-refractivity contribution in [3.8, 4) is 5.75 Å². The summed E-state index contributed by atoms with van der Waals surface area (Å²) in [6, 6.07) is 5.70. The minimum Gasteiger partial charge on any atom is -0.483 e. The van der Waals surface area contributed by atoms with Crippen LogP contribution in [0.2, 0.25) is 0 Å². The molecule has 1 saturated carbocycles. The van der Waals surface area contributed by atoms with Crippen molar-refractivity contribution in [1.29, 1.82) is 0 Å². The van der Waals surface area contributed by atoms with Gasteiger partial charge in [-0.25, -0.2) is 0 Å². The monoisotopic (exact) mass is 313 g/mol. The van der Waals surface area contributed by atoms with Gasteiger partial charge in [-0.3, -0.25) is 4.79 Å². The predicted molar refractivity (Wildman–Crippen MR) is 71.4 cm³/mol. The lowest BCUT2D eigenvalue weighted by Gasteiger charge is -2.13. The van der Waals surface area contributed by atoms with Crippen LogP contribution < -0.4 is 10.1 Å². The molecule has 1 aliphatic carbocycles. The molecule has 0 aliphatic heterocycles. The van der Waals surface area contributed by atoms with Gasteiger partial charge in [-0.15, -0.1) is 0 Å². The Hall–Kier alpha value is -1.07. The van der Waals surface area contributed by atoms with Gasteiger partial charge >= 0.3 is 0 Å². The minimum atomic E-state index is -0.625. The first kappa shape index (κ1) is 13.4. The summed E-state index contributed by atoms with van der Waals surface area (Å²) in [4.78, 5) is 11.5. The van der Waals surface area contributed by atoms with Gasteiger partial charge in [0.25, 0.3) is 5.91 Å². The Kier molecular flexibility index (Phi) is 4.24. The van der Waals surface area contributed by atoms with E-state index in [2.05, 4.69) is 21.2 Å². The predicted octanol–water partition coefficient (Wildman–Crippen LogP) is 2.16. The maximum absolute atomic E-state index is 11.5. The molecule has 1 aromatic rings. The molecular formula is C13H16BrNO3. The minimum absolute atomic E-state index is 0.0212. The van der Waals surface area contributed by atoms with Crippen LogP contribution in [-0.4, -0.2) is 23.7 Å². The van der Waals surface area contributed by atoms with E-state index in [9.17, 15) is 9.90 Å². The molecule has 2 N–H and O–H groups in total. The van der Waals surface area contributed by atoms with E-state index in [0.717, 1.165) is 17.3 Å². The van der Waals surface area contributed by atoms with Crippen LogP contribution in [-0.2, 0) is 4.79 Å². The summed E-state index contributed by atoms with van der Waals surface area (Å²) in [5.41, 5.74) is 0.678. The van der Waals surface area contributed by atoms with Crippen molar-refractivity contribution in [3.05, 3.63) is 28.2 Å². The molecular weight excluding hydrogens is 298 g/mol. The van der Waals surface area contributed by atoms with E-state index < -0.39 is 6.10 Å². The van der Waals surface area contributed by atoms with Gasteiger partial charge in [0.2, 0.25) is 0 Å². The van der Waals surface area contributed by atoms with Crippen molar-refractivity contribution in [2.24, 2.45) is 0 Å². The molecule has 0 spiro atoms. The highest BCUT2D eigenvalue weighted by Gasteiger charge is 2.23. The summed E-state index contributed by atoms with van der Waals surface area (Å²) in [6.45, 7) is 1.65. The van der Waals surface area contributed by atoms with E-state index in [1.165, 1.54) is 0 Å². The molecule has 0 bridgehead atoms. The second kappa shape index (κ2) is 5.71. The zero-order valence-electron chi connectivity index (χ0n) is 10.1. The van der Waals surface area contributed by atoms with Gasteiger partial charge in [0.1, 0.15) is 5.75 Å². The van der Waals surface area contributed by atoms with Crippen LogP contribution >= 0.6 is 15.9 Å². The number of hydrogen-bond acceptors (Lipinski definition) is 3. The fourth-order valence-corrected chi connectivity index (χ4v) is 1.96. The number of aliphatic hydroxyl groups is 1. The number of ether oxygens (including phenoxy) is 1. The lowest BCUT2D eigenvalue weighted by Crippen LogP contribution is -2.30. The normalized spacial score (nSPS) is 16.2. The molecule has 1 aliphatic rings. The van der Waals surface area contributed by atoms with Crippen molar-refractivity contribution in [1.82, 2.24) is 5.32 Å².